The summed E-state index contributed by atoms with van der Waals surface area (Å²) in [5, 5.41) is 0. The minimum absolute atomic E-state index is 0.505. The van der Waals surface area contributed by atoms with Gasteiger partial charge >= 0.3 is 0 Å². The summed E-state index contributed by atoms with van der Waals surface area (Å²) < 4.78 is 11.3. The Balaban J connectivity index is 1.75. The zero-order valence-electron chi connectivity index (χ0n) is 12.0. The van der Waals surface area contributed by atoms with Crippen LogP contribution >= 0.6 is 0 Å². The number of rotatable bonds is 2. The van der Waals surface area contributed by atoms with Crippen molar-refractivity contribution in [1.82, 2.24) is 0 Å². The first-order valence-electron chi connectivity index (χ1n) is 7.17. The fourth-order valence-corrected chi connectivity index (χ4v) is 2.22. The standard InChI is InChI=1S/C16H20N2O2/c1-11-7-17-15(19-9-11)13-3-5-14(6-4-13)16-18-8-12(2)10-20-16/h3-6,11-12H,7-10H2,1-2H3. The van der Waals surface area contributed by atoms with Crippen LogP contribution in [-0.4, -0.2) is 38.1 Å². The van der Waals surface area contributed by atoms with E-state index < -0.39 is 0 Å². The van der Waals surface area contributed by atoms with Crippen molar-refractivity contribution in [3.8, 4) is 0 Å². The molecule has 0 N–H and O–H groups in total. The second-order valence-corrected chi connectivity index (χ2v) is 5.70. The molecule has 0 bridgehead atoms. The average Bonchev–Trinajstić information content (AvgIpc) is 2.49. The molecule has 2 unspecified atom stereocenters. The van der Waals surface area contributed by atoms with Gasteiger partial charge < -0.3 is 9.47 Å². The van der Waals surface area contributed by atoms with Crippen molar-refractivity contribution in [3.63, 3.8) is 0 Å². The molecule has 2 atom stereocenters. The Hall–Kier alpha value is -1.84. The lowest BCUT2D eigenvalue weighted by Gasteiger charge is -2.20. The Labute approximate surface area is 119 Å². The van der Waals surface area contributed by atoms with Gasteiger partial charge in [0.05, 0.1) is 13.2 Å². The summed E-state index contributed by atoms with van der Waals surface area (Å²) in [5.41, 5.74) is 2.04. The molecule has 1 aromatic carbocycles. The molecule has 2 heterocycles. The van der Waals surface area contributed by atoms with Gasteiger partial charge in [0.15, 0.2) is 0 Å². The Kier molecular flexibility index (Phi) is 3.72. The third-order valence-electron chi connectivity index (χ3n) is 3.48. The van der Waals surface area contributed by atoms with Gasteiger partial charge in [0.1, 0.15) is 0 Å². The predicted molar refractivity (Wildman–Crippen MR) is 79.5 cm³/mol. The van der Waals surface area contributed by atoms with E-state index in [4.69, 9.17) is 9.47 Å². The van der Waals surface area contributed by atoms with E-state index >= 15 is 0 Å². The highest BCUT2D eigenvalue weighted by Gasteiger charge is 2.16. The van der Waals surface area contributed by atoms with Crippen LogP contribution in [-0.2, 0) is 9.47 Å². The average molecular weight is 272 g/mol. The molecule has 0 fully saturated rings. The van der Waals surface area contributed by atoms with Crippen molar-refractivity contribution in [2.24, 2.45) is 21.8 Å². The summed E-state index contributed by atoms with van der Waals surface area (Å²) in [6, 6.07) is 8.09. The van der Waals surface area contributed by atoms with Crippen LogP contribution in [0.5, 0.6) is 0 Å². The number of ether oxygens (including phenoxy) is 2. The topological polar surface area (TPSA) is 43.2 Å². The van der Waals surface area contributed by atoms with Crippen LogP contribution in [0.1, 0.15) is 25.0 Å². The fraction of sp³-hybridized carbons (Fsp3) is 0.500. The monoisotopic (exact) mass is 272 g/mol. The summed E-state index contributed by atoms with van der Waals surface area (Å²) >= 11 is 0. The number of nitrogens with zero attached hydrogens (tertiary/aromatic N) is 2. The highest BCUT2D eigenvalue weighted by molar-refractivity contribution is 5.98. The van der Waals surface area contributed by atoms with Crippen molar-refractivity contribution < 1.29 is 9.47 Å². The van der Waals surface area contributed by atoms with Crippen LogP contribution in [0.2, 0.25) is 0 Å². The molecule has 0 amide bonds. The SMILES string of the molecule is CC1CN=C(c2ccc(C3=NCC(C)CO3)cc2)OC1. The Morgan fingerprint density at radius 2 is 1.20 bits per heavy atom. The maximum Gasteiger partial charge on any atom is 0.216 e. The molecular formula is C16H20N2O2. The molecular weight excluding hydrogens is 252 g/mol. The highest BCUT2D eigenvalue weighted by atomic mass is 16.5. The van der Waals surface area contributed by atoms with Gasteiger partial charge in [-0.15, -0.1) is 0 Å². The smallest absolute Gasteiger partial charge is 0.216 e. The molecule has 106 valence electrons. The minimum atomic E-state index is 0.505. The summed E-state index contributed by atoms with van der Waals surface area (Å²) in [5.74, 6) is 2.50. The van der Waals surface area contributed by atoms with Crippen LogP contribution in [0.3, 0.4) is 0 Å². The largest absolute Gasteiger partial charge is 0.477 e. The first-order chi connectivity index (χ1) is 9.72. The van der Waals surface area contributed by atoms with Gasteiger partial charge in [0.2, 0.25) is 11.8 Å². The maximum atomic E-state index is 5.66. The van der Waals surface area contributed by atoms with E-state index in [-0.39, 0.29) is 0 Å². The van der Waals surface area contributed by atoms with E-state index in [1.807, 2.05) is 24.3 Å². The van der Waals surface area contributed by atoms with E-state index in [1.54, 1.807) is 0 Å². The van der Waals surface area contributed by atoms with E-state index in [0.717, 1.165) is 49.2 Å². The van der Waals surface area contributed by atoms with Gasteiger partial charge in [-0.2, -0.15) is 0 Å². The fourth-order valence-electron chi connectivity index (χ4n) is 2.22. The summed E-state index contributed by atoms with van der Waals surface area (Å²) in [7, 11) is 0. The van der Waals surface area contributed by atoms with E-state index in [1.165, 1.54) is 0 Å². The highest BCUT2D eigenvalue weighted by Crippen LogP contribution is 2.15. The lowest BCUT2D eigenvalue weighted by atomic mass is 10.1. The molecule has 20 heavy (non-hydrogen) atoms. The molecule has 2 aliphatic rings. The number of benzene rings is 1. The van der Waals surface area contributed by atoms with Gasteiger partial charge in [0, 0.05) is 36.1 Å². The molecule has 0 radical (unpaired) electrons. The molecule has 1 aromatic rings. The second kappa shape index (κ2) is 5.65. The van der Waals surface area contributed by atoms with Crippen molar-refractivity contribution in [3.05, 3.63) is 35.4 Å². The zero-order valence-corrected chi connectivity index (χ0v) is 12.0. The van der Waals surface area contributed by atoms with Crippen molar-refractivity contribution in [2.75, 3.05) is 26.3 Å². The lowest BCUT2D eigenvalue weighted by molar-refractivity contribution is 0.232. The van der Waals surface area contributed by atoms with Gasteiger partial charge in [-0.25, -0.2) is 0 Å². The summed E-state index contributed by atoms with van der Waals surface area (Å²) in [4.78, 5) is 8.93. The first-order valence-corrected chi connectivity index (χ1v) is 7.17. The number of aliphatic imine (C=N–C) groups is 2. The van der Waals surface area contributed by atoms with Crippen molar-refractivity contribution in [1.29, 1.82) is 0 Å². The molecule has 4 heteroatoms. The van der Waals surface area contributed by atoms with Gasteiger partial charge in [-0.3, -0.25) is 9.98 Å². The normalized spacial score (nSPS) is 26.1. The molecule has 0 aliphatic carbocycles. The summed E-state index contributed by atoms with van der Waals surface area (Å²) in [6.45, 7) is 7.45. The Bertz CT molecular complexity index is 485. The zero-order chi connectivity index (χ0) is 13.9. The van der Waals surface area contributed by atoms with Crippen LogP contribution in [0, 0.1) is 11.8 Å². The summed E-state index contributed by atoms with van der Waals surface area (Å²) in [6.07, 6.45) is 0. The second-order valence-electron chi connectivity index (χ2n) is 5.70. The quantitative estimate of drug-likeness (QED) is 0.830. The molecule has 4 nitrogen and oxygen atoms in total. The minimum Gasteiger partial charge on any atom is -0.477 e. The number of hydrogen-bond acceptors (Lipinski definition) is 4. The van der Waals surface area contributed by atoms with Crippen LogP contribution < -0.4 is 0 Å². The van der Waals surface area contributed by atoms with E-state index in [9.17, 15) is 0 Å². The van der Waals surface area contributed by atoms with E-state index in [0.29, 0.717) is 11.8 Å². The third-order valence-corrected chi connectivity index (χ3v) is 3.48. The van der Waals surface area contributed by atoms with Crippen molar-refractivity contribution in [2.45, 2.75) is 13.8 Å². The first kappa shape index (κ1) is 13.2. The molecule has 3 rings (SSSR count). The Morgan fingerprint density at radius 3 is 1.50 bits per heavy atom. The van der Waals surface area contributed by atoms with Crippen LogP contribution in [0.4, 0.5) is 0 Å². The lowest BCUT2D eigenvalue weighted by Crippen LogP contribution is -2.23. The molecule has 2 aliphatic heterocycles. The van der Waals surface area contributed by atoms with Crippen LogP contribution in [0.25, 0.3) is 0 Å². The molecule has 0 spiro atoms. The van der Waals surface area contributed by atoms with E-state index in [2.05, 4.69) is 23.8 Å². The third kappa shape index (κ3) is 2.84. The van der Waals surface area contributed by atoms with Crippen molar-refractivity contribution >= 4 is 11.8 Å². The predicted octanol–water partition coefficient (Wildman–Crippen LogP) is 2.51. The molecule has 0 aromatic heterocycles. The van der Waals surface area contributed by atoms with Crippen LogP contribution in [0.15, 0.2) is 34.3 Å². The molecule has 0 saturated heterocycles. The number of hydrogen-bond donors (Lipinski definition) is 0. The molecule has 0 saturated carbocycles. The van der Waals surface area contributed by atoms with Gasteiger partial charge in [-0.05, 0) is 24.3 Å². The Morgan fingerprint density at radius 1 is 0.800 bits per heavy atom. The maximum absolute atomic E-state index is 5.66. The van der Waals surface area contributed by atoms with Gasteiger partial charge in [0.25, 0.3) is 0 Å². The van der Waals surface area contributed by atoms with Gasteiger partial charge in [-0.1, -0.05) is 13.8 Å².